The molecule has 2 aliphatic carbocycles. The number of amides is 1. The van der Waals surface area contributed by atoms with Gasteiger partial charge in [0.25, 0.3) is 5.91 Å². The number of hydrogen-bond donors (Lipinski definition) is 2. The molecular formula is C28H31ClN2O4. The predicted molar refractivity (Wildman–Crippen MR) is 136 cm³/mol. The van der Waals surface area contributed by atoms with Crippen LogP contribution in [0.15, 0.2) is 42.5 Å². The molecule has 2 aliphatic rings. The standard InChI is InChI=1S/C28H31ClN2O4/c1-31-21-12-13-23(35-2)25(29)20(21)16-22(31)26(32)30-28(14-5-15-28)19-10-8-18(9-11-19)24(27(33)34)17-6-3-4-7-17/h8-13,16-17,24H,3-7,14-15H2,1-2H3,(H,30,32)(H,33,34)/t24-/m0/s1. The molecule has 1 amide bonds. The van der Waals surface area contributed by atoms with Crippen LogP contribution in [-0.4, -0.2) is 28.7 Å². The van der Waals surface area contributed by atoms with Crippen molar-refractivity contribution in [2.45, 2.75) is 56.4 Å². The highest BCUT2D eigenvalue weighted by Gasteiger charge is 2.41. The third-order valence-electron chi connectivity index (χ3n) is 8.10. The van der Waals surface area contributed by atoms with E-state index in [1.807, 2.05) is 48.0 Å². The number of ether oxygens (including phenoxy) is 1. The van der Waals surface area contributed by atoms with Crippen molar-refractivity contribution < 1.29 is 19.4 Å². The number of hydrogen-bond acceptors (Lipinski definition) is 3. The van der Waals surface area contributed by atoms with Crippen molar-refractivity contribution in [1.82, 2.24) is 9.88 Å². The summed E-state index contributed by atoms with van der Waals surface area (Å²) < 4.78 is 7.17. The molecule has 0 spiro atoms. The van der Waals surface area contributed by atoms with Gasteiger partial charge in [0.1, 0.15) is 11.4 Å². The highest BCUT2D eigenvalue weighted by atomic mass is 35.5. The second kappa shape index (κ2) is 9.23. The number of fused-ring (bicyclic) bond motifs is 1. The van der Waals surface area contributed by atoms with Crippen molar-refractivity contribution in [3.63, 3.8) is 0 Å². The van der Waals surface area contributed by atoms with E-state index in [1.54, 1.807) is 13.2 Å². The van der Waals surface area contributed by atoms with Crippen LogP contribution in [0.4, 0.5) is 0 Å². The maximum Gasteiger partial charge on any atom is 0.311 e. The largest absolute Gasteiger partial charge is 0.495 e. The molecule has 2 saturated carbocycles. The van der Waals surface area contributed by atoms with E-state index in [2.05, 4.69) is 5.32 Å². The number of nitrogens with zero attached hydrogens (tertiary/aromatic N) is 1. The zero-order valence-corrected chi connectivity index (χ0v) is 20.9. The second-order valence-electron chi connectivity index (χ2n) is 9.98. The van der Waals surface area contributed by atoms with Gasteiger partial charge in [-0.1, -0.05) is 48.7 Å². The number of carboxylic acid groups (broad SMARTS) is 1. The number of carbonyl (C=O) groups is 2. The lowest BCUT2D eigenvalue weighted by Crippen LogP contribution is -2.51. The minimum atomic E-state index is -0.748. The number of halogens is 1. The Bertz CT molecular complexity index is 1270. The van der Waals surface area contributed by atoms with Crippen LogP contribution in [-0.2, 0) is 17.4 Å². The molecule has 1 aromatic heterocycles. The molecule has 0 saturated heterocycles. The lowest BCUT2D eigenvalue weighted by Gasteiger charge is -2.43. The van der Waals surface area contributed by atoms with Gasteiger partial charge in [-0.05, 0) is 67.3 Å². The third-order valence-corrected chi connectivity index (χ3v) is 8.49. The minimum Gasteiger partial charge on any atom is -0.495 e. The molecule has 6 nitrogen and oxygen atoms in total. The molecule has 0 unspecified atom stereocenters. The first-order valence-corrected chi connectivity index (χ1v) is 12.7. The van der Waals surface area contributed by atoms with Crippen molar-refractivity contribution in [2.75, 3.05) is 7.11 Å². The molecule has 2 fully saturated rings. The van der Waals surface area contributed by atoms with Crippen LogP contribution < -0.4 is 10.1 Å². The molecule has 7 heteroatoms. The van der Waals surface area contributed by atoms with Crippen LogP contribution in [0.2, 0.25) is 5.02 Å². The van der Waals surface area contributed by atoms with E-state index >= 15 is 0 Å². The van der Waals surface area contributed by atoms with Crippen LogP contribution in [0.3, 0.4) is 0 Å². The average Bonchev–Trinajstić information content (AvgIpc) is 3.46. The van der Waals surface area contributed by atoms with E-state index in [1.165, 1.54) is 0 Å². The molecule has 1 atom stereocenters. The molecule has 0 bridgehead atoms. The topological polar surface area (TPSA) is 80.6 Å². The third kappa shape index (κ3) is 4.08. The van der Waals surface area contributed by atoms with E-state index in [4.69, 9.17) is 16.3 Å². The van der Waals surface area contributed by atoms with Gasteiger partial charge >= 0.3 is 5.97 Å². The molecule has 0 aliphatic heterocycles. The van der Waals surface area contributed by atoms with Gasteiger partial charge in [-0.15, -0.1) is 0 Å². The van der Waals surface area contributed by atoms with Crippen molar-refractivity contribution in [1.29, 1.82) is 0 Å². The summed E-state index contributed by atoms with van der Waals surface area (Å²) >= 11 is 6.50. The second-order valence-corrected chi connectivity index (χ2v) is 10.4. The summed E-state index contributed by atoms with van der Waals surface area (Å²) in [5, 5.41) is 14.4. The average molecular weight is 495 g/mol. The minimum absolute atomic E-state index is 0.156. The van der Waals surface area contributed by atoms with Gasteiger partial charge in [0.15, 0.2) is 0 Å². The van der Waals surface area contributed by atoms with Gasteiger partial charge in [0.05, 0.1) is 29.1 Å². The summed E-state index contributed by atoms with van der Waals surface area (Å²) in [6.07, 6.45) is 6.88. The number of methoxy groups -OCH3 is 1. The van der Waals surface area contributed by atoms with Gasteiger partial charge in [-0.25, -0.2) is 0 Å². The Hall–Kier alpha value is -2.99. The molecule has 3 aromatic rings. The van der Waals surface area contributed by atoms with Gasteiger partial charge < -0.3 is 19.7 Å². The number of nitrogens with one attached hydrogen (secondary N) is 1. The van der Waals surface area contributed by atoms with Gasteiger partial charge in [0, 0.05) is 12.4 Å². The van der Waals surface area contributed by atoms with Crippen LogP contribution in [0.25, 0.3) is 10.9 Å². The number of benzene rings is 2. The van der Waals surface area contributed by atoms with Crippen LogP contribution in [0.5, 0.6) is 5.75 Å². The van der Waals surface area contributed by atoms with Crippen LogP contribution in [0, 0.1) is 5.92 Å². The first kappa shape index (κ1) is 23.7. The Balaban J connectivity index is 1.41. The normalized spacial score (nSPS) is 18.3. The number of aryl methyl sites for hydroxylation is 1. The Morgan fingerprint density at radius 3 is 2.37 bits per heavy atom. The quantitative estimate of drug-likeness (QED) is 0.421. The predicted octanol–water partition coefficient (Wildman–Crippen LogP) is 6.01. The fraction of sp³-hybridized carbons (Fsp3) is 0.429. The van der Waals surface area contributed by atoms with E-state index in [9.17, 15) is 14.7 Å². The van der Waals surface area contributed by atoms with Gasteiger partial charge in [-0.3, -0.25) is 9.59 Å². The van der Waals surface area contributed by atoms with E-state index in [0.29, 0.717) is 16.5 Å². The molecule has 0 radical (unpaired) electrons. The molecule has 1 heterocycles. The van der Waals surface area contributed by atoms with E-state index in [0.717, 1.165) is 67.0 Å². The van der Waals surface area contributed by atoms with E-state index < -0.39 is 17.4 Å². The lowest BCUT2D eigenvalue weighted by atomic mass is 9.71. The Morgan fingerprint density at radius 2 is 1.80 bits per heavy atom. The number of aromatic nitrogens is 1. The Kier molecular flexibility index (Phi) is 6.26. The van der Waals surface area contributed by atoms with Crippen LogP contribution in [0.1, 0.15) is 72.5 Å². The maximum atomic E-state index is 13.4. The number of carboxylic acids is 1. The molecule has 2 N–H and O–H groups in total. The molecule has 35 heavy (non-hydrogen) atoms. The number of carbonyl (C=O) groups excluding carboxylic acids is 1. The van der Waals surface area contributed by atoms with Crippen molar-refractivity contribution in [2.24, 2.45) is 13.0 Å². The zero-order valence-electron chi connectivity index (χ0n) is 20.1. The highest BCUT2D eigenvalue weighted by Crippen LogP contribution is 2.43. The fourth-order valence-electron chi connectivity index (χ4n) is 5.95. The summed E-state index contributed by atoms with van der Waals surface area (Å²) in [5.41, 5.74) is 2.82. The van der Waals surface area contributed by atoms with Crippen molar-refractivity contribution in [3.05, 3.63) is 64.3 Å². The molecule has 5 rings (SSSR count). The summed E-state index contributed by atoms with van der Waals surface area (Å²) in [4.78, 5) is 25.5. The van der Waals surface area contributed by atoms with Crippen molar-refractivity contribution in [3.8, 4) is 5.75 Å². The van der Waals surface area contributed by atoms with Gasteiger partial charge in [-0.2, -0.15) is 0 Å². The first-order valence-electron chi connectivity index (χ1n) is 12.3. The summed E-state index contributed by atoms with van der Waals surface area (Å²) in [6, 6.07) is 13.4. The zero-order chi connectivity index (χ0) is 24.7. The smallest absolute Gasteiger partial charge is 0.311 e. The van der Waals surface area contributed by atoms with E-state index in [-0.39, 0.29) is 11.8 Å². The Morgan fingerprint density at radius 1 is 1.11 bits per heavy atom. The summed E-state index contributed by atoms with van der Waals surface area (Å²) in [7, 11) is 3.43. The molecule has 184 valence electrons. The first-order chi connectivity index (χ1) is 16.8. The van der Waals surface area contributed by atoms with Crippen molar-refractivity contribution >= 4 is 34.4 Å². The maximum absolute atomic E-state index is 13.4. The monoisotopic (exact) mass is 494 g/mol. The highest BCUT2D eigenvalue weighted by molar-refractivity contribution is 6.37. The van der Waals surface area contributed by atoms with Crippen LogP contribution >= 0.6 is 11.6 Å². The summed E-state index contributed by atoms with van der Waals surface area (Å²) in [5.74, 6) is -0.590. The molecular weight excluding hydrogens is 464 g/mol. The Labute approximate surface area is 210 Å². The molecule has 2 aromatic carbocycles. The lowest BCUT2D eigenvalue weighted by molar-refractivity contribution is -0.140. The SMILES string of the molecule is COc1ccc2c(cc(C(=O)NC3(c4ccc([C@@H](C(=O)O)C5CCCC5)cc4)CCC3)n2C)c1Cl. The summed E-state index contributed by atoms with van der Waals surface area (Å²) in [6.45, 7) is 0. The number of aliphatic carboxylic acids is 1. The van der Waals surface area contributed by atoms with Gasteiger partial charge in [0.2, 0.25) is 0 Å². The fourth-order valence-corrected chi connectivity index (χ4v) is 6.24. The number of rotatable bonds is 7.